The van der Waals surface area contributed by atoms with Crippen LogP contribution in [0, 0.1) is 6.92 Å². The number of carbonyl (C=O) groups is 1. The molecule has 1 saturated carbocycles. The summed E-state index contributed by atoms with van der Waals surface area (Å²) >= 11 is 0. The molecular formula is C12H20N4O2. The predicted octanol–water partition coefficient (Wildman–Crippen LogP) is 0.724. The van der Waals surface area contributed by atoms with Gasteiger partial charge in [0.25, 0.3) is 5.91 Å². The third-order valence-electron chi connectivity index (χ3n) is 3.51. The first-order chi connectivity index (χ1) is 8.59. The van der Waals surface area contributed by atoms with Crippen molar-refractivity contribution < 1.29 is 9.90 Å². The minimum Gasteiger partial charge on any atom is -0.395 e. The van der Waals surface area contributed by atoms with Gasteiger partial charge in [-0.1, -0.05) is 19.3 Å². The number of aliphatic hydroxyl groups excluding tert-OH is 1. The van der Waals surface area contributed by atoms with Crippen LogP contribution in [-0.2, 0) is 0 Å². The van der Waals surface area contributed by atoms with Crippen molar-refractivity contribution >= 4 is 11.6 Å². The van der Waals surface area contributed by atoms with Gasteiger partial charge in [-0.15, -0.1) is 0 Å². The third-order valence-corrected chi connectivity index (χ3v) is 3.51. The van der Waals surface area contributed by atoms with E-state index in [1.165, 1.54) is 0 Å². The van der Waals surface area contributed by atoms with Crippen LogP contribution in [0.5, 0.6) is 0 Å². The number of nitrogens with one attached hydrogen (secondary N) is 2. The molecule has 1 heterocycles. The number of nitrogens with zero attached hydrogens (tertiary/aromatic N) is 1. The summed E-state index contributed by atoms with van der Waals surface area (Å²) in [6.07, 6.45) is 4.20. The zero-order valence-electron chi connectivity index (χ0n) is 10.6. The first-order valence-electron chi connectivity index (χ1n) is 6.39. The third kappa shape index (κ3) is 2.64. The molecule has 0 aromatic carbocycles. The summed E-state index contributed by atoms with van der Waals surface area (Å²) in [7, 11) is 0. The SMILES string of the molecule is Cc1[nH]nc(C(=O)NC2CCCCCC2O)c1N. The molecule has 5 N–H and O–H groups in total. The van der Waals surface area contributed by atoms with Crippen LogP contribution >= 0.6 is 0 Å². The summed E-state index contributed by atoms with van der Waals surface area (Å²) in [6, 6.07) is -0.198. The first kappa shape index (κ1) is 12.9. The molecule has 1 aromatic rings. The standard InChI is InChI=1S/C12H20N4O2/c1-7-10(13)11(16-15-7)12(18)14-8-5-3-2-4-6-9(8)17/h8-9,17H,2-6,13H2,1H3,(H,14,18)(H,15,16). The maximum Gasteiger partial charge on any atom is 0.274 e. The Morgan fingerprint density at radius 2 is 2.17 bits per heavy atom. The number of H-pyrrole nitrogens is 1. The van der Waals surface area contributed by atoms with E-state index in [2.05, 4.69) is 15.5 Å². The Labute approximate surface area is 106 Å². The Morgan fingerprint density at radius 3 is 2.83 bits per heavy atom. The van der Waals surface area contributed by atoms with E-state index in [1.807, 2.05) is 0 Å². The molecule has 0 radical (unpaired) electrons. The van der Waals surface area contributed by atoms with Crippen molar-refractivity contribution in [2.45, 2.75) is 51.2 Å². The molecule has 1 amide bonds. The van der Waals surface area contributed by atoms with E-state index in [1.54, 1.807) is 6.92 Å². The average molecular weight is 252 g/mol. The van der Waals surface area contributed by atoms with Gasteiger partial charge in [0.2, 0.25) is 0 Å². The predicted molar refractivity (Wildman–Crippen MR) is 68.1 cm³/mol. The summed E-state index contributed by atoms with van der Waals surface area (Å²) in [6.45, 7) is 1.76. The molecule has 0 saturated heterocycles. The molecule has 1 aliphatic rings. The molecule has 1 fully saturated rings. The van der Waals surface area contributed by atoms with Crippen LogP contribution in [0.25, 0.3) is 0 Å². The number of nitrogen functional groups attached to an aromatic ring is 1. The number of rotatable bonds is 2. The molecule has 6 nitrogen and oxygen atoms in total. The molecule has 1 aliphatic carbocycles. The maximum atomic E-state index is 12.0. The van der Waals surface area contributed by atoms with Gasteiger partial charge in [0, 0.05) is 0 Å². The van der Waals surface area contributed by atoms with Crippen molar-refractivity contribution in [2.24, 2.45) is 0 Å². The van der Waals surface area contributed by atoms with Crippen LogP contribution in [0.4, 0.5) is 5.69 Å². The van der Waals surface area contributed by atoms with Crippen molar-refractivity contribution in [3.8, 4) is 0 Å². The second kappa shape index (κ2) is 5.39. The normalized spacial score (nSPS) is 24.6. The summed E-state index contributed by atoms with van der Waals surface area (Å²) in [4.78, 5) is 12.0. The van der Waals surface area contributed by atoms with Crippen LogP contribution in [0.2, 0.25) is 0 Å². The first-order valence-corrected chi connectivity index (χ1v) is 6.39. The van der Waals surface area contributed by atoms with Crippen molar-refractivity contribution in [3.63, 3.8) is 0 Å². The van der Waals surface area contributed by atoms with Crippen LogP contribution in [0.1, 0.15) is 48.3 Å². The van der Waals surface area contributed by atoms with Gasteiger partial charge < -0.3 is 16.2 Å². The Kier molecular flexibility index (Phi) is 3.86. The van der Waals surface area contributed by atoms with Crippen molar-refractivity contribution in [3.05, 3.63) is 11.4 Å². The lowest BCUT2D eigenvalue weighted by molar-refractivity contribution is 0.0815. The van der Waals surface area contributed by atoms with E-state index in [4.69, 9.17) is 5.73 Å². The van der Waals surface area contributed by atoms with E-state index in [-0.39, 0.29) is 17.6 Å². The molecule has 1 aromatic heterocycles. The van der Waals surface area contributed by atoms with Gasteiger partial charge in [-0.25, -0.2) is 0 Å². The fourth-order valence-corrected chi connectivity index (χ4v) is 2.30. The number of hydrogen-bond acceptors (Lipinski definition) is 4. The summed E-state index contributed by atoms with van der Waals surface area (Å²) in [5.74, 6) is -0.317. The number of aliphatic hydroxyl groups is 1. The molecular weight excluding hydrogens is 232 g/mol. The molecule has 2 unspecified atom stereocenters. The molecule has 18 heavy (non-hydrogen) atoms. The Balaban J connectivity index is 2.04. The van der Waals surface area contributed by atoms with Gasteiger partial charge >= 0.3 is 0 Å². The number of aryl methyl sites for hydroxylation is 1. The summed E-state index contributed by atoms with van der Waals surface area (Å²) < 4.78 is 0. The van der Waals surface area contributed by atoms with E-state index in [9.17, 15) is 9.90 Å². The number of nitrogens with two attached hydrogens (primary N) is 1. The number of amides is 1. The second-order valence-corrected chi connectivity index (χ2v) is 4.90. The fraction of sp³-hybridized carbons (Fsp3) is 0.667. The number of aromatic amines is 1. The molecule has 2 atom stereocenters. The molecule has 100 valence electrons. The van der Waals surface area contributed by atoms with Crippen molar-refractivity contribution in [1.82, 2.24) is 15.5 Å². The molecule has 6 heteroatoms. The molecule has 0 spiro atoms. The topological polar surface area (TPSA) is 104 Å². The van der Waals surface area contributed by atoms with Crippen LogP contribution < -0.4 is 11.1 Å². The Morgan fingerprint density at radius 1 is 1.44 bits per heavy atom. The van der Waals surface area contributed by atoms with Gasteiger partial charge in [0.05, 0.1) is 23.5 Å². The highest BCUT2D eigenvalue weighted by atomic mass is 16.3. The highest BCUT2D eigenvalue weighted by Crippen LogP contribution is 2.19. The van der Waals surface area contributed by atoms with E-state index in [0.717, 1.165) is 32.1 Å². The van der Waals surface area contributed by atoms with E-state index < -0.39 is 6.10 Å². The van der Waals surface area contributed by atoms with E-state index >= 15 is 0 Å². The average Bonchev–Trinajstić information content (AvgIpc) is 2.55. The smallest absolute Gasteiger partial charge is 0.274 e. The zero-order chi connectivity index (χ0) is 13.1. The van der Waals surface area contributed by atoms with Crippen molar-refractivity contribution in [2.75, 3.05) is 5.73 Å². The molecule has 0 aliphatic heterocycles. The van der Waals surface area contributed by atoms with Gasteiger partial charge in [0.15, 0.2) is 5.69 Å². The maximum absolute atomic E-state index is 12.0. The van der Waals surface area contributed by atoms with Gasteiger partial charge in [0.1, 0.15) is 0 Å². The monoisotopic (exact) mass is 252 g/mol. The minimum absolute atomic E-state index is 0.198. The molecule has 2 rings (SSSR count). The fourth-order valence-electron chi connectivity index (χ4n) is 2.30. The van der Waals surface area contributed by atoms with Gasteiger partial charge in [-0.05, 0) is 19.8 Å². The largest absolute Gasteiger partial charge is 0.395 e. The van der Waals surface area contributed by atoms with Gasteiger partial charge in [-0.2, -0.15) is 5.10 Å². The Hall–Kier alpha value is -1.56. The number of hydrogen-bond donors (Lipinski definition) is 4. The number of anilines is 1. The van der Waals surface area contributed by atoms with Crippen LogP contribution in [-0.4, -0.2) is 33.4 Å². The van der Waals surface area contributed by atoms with Crippen LogP contribution in [0.15, 0.2) is 0 Å². The molecule has 0 bridgehead atoms. The lowest BCUT2D eigenvalue weighted by atomic mass is 10.1. The highest BCUT2D eigenvalue weighted by Gasteiger charge is 2.25. The lowest BCUT2D eigenvalue weighted by Crippen LogP contribution is -2.43. The number of carbonyl (C=O) groups excluding carboxylic acids is 1. The summed E-state index contributed by atoms with van der Waals surface area (Å²) in [5.41, 5.74) is 7.02. The van der Waals surface area contributed by atoms with Crippen molar-refractivity contribution in [1.29, 1.82) is 0 Å². The Bertz CT molecular complexity index is 430. The van der Waals surface area contributed by atoms with E-state index in [0.29, 0.717) is 11.4 Å². The van der Waals surface area contributed by atoms with Crippen LogP contribution in [0.3, 0.4) is 0 Å². The lowest BCUT2D eigenvalue weighted by Gasteiger charge is -2.21. The minimum atomic E-state index is -0.474. The second-order valence-electron chi connectivity index (χ2n) is 4.90. The quantitative estimate of drug-likeness (QED) is 0.582. The number of aromatic nitrogens is 2. The van der Waals surface area contributed by atoms with Gasteiger partial charge in [-0.3, -0.25) is 9.89 Å². The zero-order valence-corrected chi connectivity index (χ0v) is 10.6. The summed E-state index contributed by atoms with van der Waals surface area (Å²) in [5, 5.41) is 19.3. The highest BCUT2D eigenvalue weighted by molar-refractivity contribution is 5.97.